The molecule has 0 spiro atoms. The lowest BCUT2D eigenvalue weighted by atomic mass is 9.86. The Balaban J connectivity index is 1.46. The summed E-state index contributed by atoms with van der Waals surface area (Å²) < 4.78 is 19.9. The number of nitrogen functional groups attached to an aromatic ring is 1. The van der Waals surface area contributed by atoms with E-state index in [9.17, 15) is 9.18 Å². The summed E-state index contributed by atoms with van der Waals surface area (Å²) in [6.45, 7) is 3.91. The first kappa shape index (κ1) is 21.0. The number of carbonyl (C=O) groups excluding carboxylic acids is 1. The van der Waals surface area contributed by atoms with Crippen LogP contribution in [0.3, 0.4) is 0 Å². The number of ether oxygens (including phenoxy) is 1. The second kappa shape index (κ2) is 8.10. The maximum atomic E-state index is 14.2. The van der Waals surface area contributed by atoms with Gasteiger partial charge in [0.2, 0.25) is 0 Å². The lowest BCUT2D eigenvalue weighted by Crippen LogP contribution is -2.44. The molecule has 2 fully saturated rings. The molecule has 4 rings (SSSR count). The molecule has 3 N–H and O–H groups in total. The number of benzene rings is 2. The van der Waals surface area contributed by atoms with Crippen LogP contribution >= 0.6 is 0 Å². The fourth-order valence-corrected chi connectivity index (χ4v) is 4.85. The number of hydrogen-bond acceptors (Lipinski definition) is 5. The number of rotatable bonds is 4. The van der Waals surface area contributed by atoms with Gasteiger partial charge in [0.25, 0.3) is 0 Å². The Morgan fingerprint density at radius 3 is 2.48 bits per heavy atom. The summed E-state index contributed by atoms with van der Waals surface area (Å²) in [6, 6.07) is 14.9. The molecule has 162 valence electrons. The van der Waals surface area contributed by atoms with Crippen molar-refractivity contribution < 1.29 is 13.9 Å². The van der Waals surface area contributed by atoms with Gasteiger partial charge in [-0.1, -0.05) is 30.3 Å². The molecule has 1 saturated carbocycles. The van der Waals surface area contributed by atoms with E-state index in [0.717, 1.165) is 31.2 Å². The number of halogens is 1. The normalized spacial score (nSPS) is 25.0. The van der Waals surface area contributed by atoms with Crippen molar-refractivity contribution in [1.82, 2.24) is 4.90 Å². The average Bonchev–Trinajstić information content (AvgIpc) is 3.01. The van der Waals surface area contributed by atoms with Crippen molar-refractivity contribution in [2.75, 3.05) is 11.1 Å². The first-order valence-corrected chi connectivity index (χ1v) is 10.6. The Labute approximate surface area is 181 Å². The summed E-state index contributed by atoms with van der Waals surface area (Å²) in [5, 5.41) is 12.3. The molecular formula is C24H27FN4O2. The van der Waals surface area contributed by atoms with Gasteiger partial charge in [0.1, 0.15) is 11.7 Å². The topological polar surface area (TPSA) is 91.4 Å². The van der Waals surface area contributed by atoms with E-state index in [1.165, 1.54) is 6.07 Å². The minimum Gasteiger partial charge on any atom is -0.441 e. The van der Waals surface area contributed by atoms with E-state index in [4.69, 9.17) is 15.7 Å². The molecule has 2 aromatic carbocycles. The maximum absolute atomic E-state index is 14.2. The van der Waals surface area contributed by atoms with Crippen LogP contribution in [0.25, 0.3) is 0 Å². The molecule has 0 unspecified atom stereocenters. The predicted molar refractivity (Wildman–Crippen MR) is 117 cm³/mol. The Bertz CT molecular complexity index is 1010. The van der Waals surface area contributed by atoms with Crippen LogP contribution in [0.4, 0.5) is 20.6 Å². The van der Waals surface area contributed by atoms with E-state index >= 15 is 0 Å². The molecule has 1 heterocycles. The summed E-state index contributed by atoms with van der Waals surface area (Å²) in [4.78, 5) is 14.7. The van der Waals surface area contributed by atoms with Gasteiger partial charge < -0.3 is 15.8 Å². The predicted octanol–water partition coefficient (Wildman–Crippen LogP) is 4.97. The number of nitrogens with one attached hydrogen (secondary N) is 1. The van der Waals surface area contributed by atoms with Crippen molar-refractivity contribution in [3.05, 3.63) is 59.4 Å². The van der Waals surface area contributed by atoms with Gasteiger partial charge in [0.05, 0.1) is 23.0 Å². The van der Waals surface area contributed by atoms with Crippen molar-refractivity contribution in [2.45, 2.75) is 63.3 Å². The molecule has 31 heavy (non-hydrogen) atoms. The van der Waals surface area contributed by atoms with E-state index < -0.39 is 11.4 Å². The minimum absolute atomic E-state index is 0.0322. The van der Waals surface area contributed by atoms with E-state index in [1.54, 1.807) is 12.1 Å². The van der Waals surface area contributed by atoms with E-state index in [1.807, 2.05) is 49.1 Å². The molecular weight excluding hydrogens is 395 g/mol. The highest BCUT2D eigenvalue weighted by Crippen LogP contribution is 2.44. The molecule has 2 aliphatic rings. The molecule has 1 amide bonds. The van der Waals surface area contributed by atoms with Gasteiger partial charge in [0, 0.05) is 12.1 Å². The number of hydrogen-bond donors (Lipinski definition) is 2. The molecule has 1 aliphatic heterocycles. The van der Waals surface area contributed by atoms with Crippen LogP contribution in [0.15, 0.2) is 42.5 Å². The fourth-order valence-electron chi connectivity index (χ4n) is 4.85. The lowest BCUT2D eigenvalue weighted by Gasteiger charge is -2.38. The number of carbonyl (C=O) groups is 1. The van der Waals surface area contributed by atoms with E-state index in [2.05, 4.69) is 5.32 Å². The maximum Gasteiger partial charge on any atom is 0.411 e. The highest BCUT2D eigenvalue weighted by atomic mass is 19.1. The van der Waals surface area contributed by atoms with Gasteiger partial charge in [0.15, 0.2) is 5.82 Å². The van der Waals surface area contributed by atoms with Crippen molar-refractivity contribution in [1.29, 1.82) is 5.26 Å². The number of nitrogens with zero attached hydrogens (tertiary/aromatic N) is 2. The standard InChI is InChI=1S/C24H27FN4O2/c1-24(2)22(15-6-4-3-5-7-15)29(23(30)31-24)18-11-9-17(10-12-18)28-19-13-8-16(14-26)20(25)21(19)27/h3-8,13,17-18,22,28H,9-12,27H2,1-2H3/t17?,18?,22-/m0/s1. The molecule has 0 radical (unpaired) electrons. The number of nitriles is 1. The van der Waals surface area contributed by atoms with Gasteiger partial charge in [-0.05, 0) is 57.2 Å². The molecule has 0 bridgehead atoms. The fraction of sp³-hybridized carbons (Fsp3) is 0.417. The van der Waals surface area contributed by atoms with Crippen molar-refractivity contribution >= 4 is 17.5 Å². The first-order chi connectivity index (χ1) is 14.8. The molecule has 1 aliphatic carbocycles. The summed E-state index contributed by atoms with van der Waals surface area (Å²) in [5.41, 5.74) is 6.75. The van der Waals surface area contributed by atoms with Gasteiger partial charge in [-0.25, -0.2) is 9.18 Å². The smallest absolute Gasteiger partial charge is 0.411 e. The average molecular weight is 423 g/mol. The van der Waals surface area contributed by atoms with Crippen LogP contribution in [-0.2, 0) is 4.74 Å². The van der Waals surface area contributed by atoms with Crippen molar-refractivity contribution in [3.8, 4) is 6.07 Å². The van der Waals surface area contributed by atoms with E-state index in [0.29, 0.717) is 5.69 Å². The number of nitrogens with two attached hydrogens (primary N) is 1. The SMILES string of the molecule is CC1(C)OC(=O)N(C2CCC(Nc3ccc(C#N)c(F)c3N)CC2)[C@H]1c1ccccc1. The summed E-state index contributed by atoms with van der Waals surface area (Å²) >= 11 is 0. The summed E-state index contributed by atoms with van der Waals surface area (Å²) in [5.74, 6) is -0.686. The lowest BCUT2D eigenvalue weighted by molar-refractivity contribution is 0.0664. The van der Waals surface area contributed by atoms with Crippen LogP contribution in [0.2, 0.25) is 0 Å². The van der Waals surface area contributed by atoms with Crippen LogP contribution < -0.4 is 11.1 Å². The number of amides is 1. The largest absolute Gasteiger partial charge is 0.441 e. The first-order valence-electron chi connectivity index (χ1n) is 10.6. The number of anilines is 2. The van der Waals surface area contributed by atoms with Crippen LogP contribution in [0.5, 0.6) is 0 Å². The van der Waals surface area contributed by atoms with Gasteiger partial charge in [-0.15, -0.1) is 0 Å². The Morgan fingerprint density at radius 1 is 1.16 bits per heavy atom. The molecule has 6 nitrogen and oxygen atoms in total. The molecule has 0 aromatic heterocycles. The zero-order chi connectivity index (χ0) is 22.2. The third kappa shape index (κ3) is 3.90. The van der Waals surface area contributed by atoms with Crippen molar-refractivity contribution in [2.24, 2.45) is 0 Å². The van der Waals surface area contributed by atoms with Crippen LogP contribution in [-0.4, -0.2) is 28.7 Å². The third-order valence-corrected chi connectivity index (χ3v) is 6.36. The number of cyclic esters (lactones) is 1. The van der Waals surface area contributed by atoms with Gasteiger partial charge >= 0.3 is 6.09 Å². The quantitative estimate of drug-likeness (QED) is 0.679. The highest BCUT2D eigenvalue weighted by Gasteiger charge is 2.51. The van der Waals surface area contributed by atoms with E-state index in [-0.39, 0.29) is 35.5 Å². The Morgan fingerprint density at radius 2 is 1.84 bits per heavy atom. The second-order valence-electron chi connectivity index (χ2n) is 8.84. The summed E-state index contributed by atoms with van der Waals surface area (Å²) in [7, 11) is 0. The minimum atomic E-state index is -0.686. The molecule has 1 saturated heterocycles. The van der Waals surface area contributed by atoms with Gasteiger partial charge in [-0.2, -0.15) is 5.26 Å². The zero-order valence-corrected chi connectivity index (χ0v) is 17.8. The van der Waals surface area contributed by atoms with Gasteiger partial charge in [-0.3, -0.25) is 4.90 Å². The Kier molecular flexibility index (Phi) is 5.48. The second-order valence-corrected chi connectivity index (χ2v) is 8.84. The molecule has 7 heteroatoms. The van der Waals surface area contributed by atoms with Crippen LogP contribution in [0, 0.1) is 17.1 Å². The van der Waals surface area contributed by atoms with Crippen LogP contribution in [0.1, 0.15) is 56.7 Å². The highest BCUT2D eigenvalue weighted by molar-refractivity contribution is 5.72. The summed E-state index contributed by atoms with van der Waals surface area (Å²) in [6.07, 6.45) is 2.98. The molecule has 1 atom stereocenters. The third-order valence-electron chi connectivity index (χ3n) is 6.36. The monoisotopic (exact) mass is 422 g/mol. The zero-order valence-electron chi connectivity index (χ0n) is 17.8. The Hall–Kier alpha value is -3.27. The van der Waals surface area contributed by atoms with Crippen molar-refractivity contribution in [3.63, 3.8) is 0 Å². The molecule has 2 aromatic rings.